The van der Waals surface area contributed by atoms with E-state index in [-0.39, 0.29) is 12.4 Å². The van der Waals surface area contributed by atoms with Crippen LogP contribution in [0.15, 0.2) is 12.1 Å². The number of aryl methyl sites for hydroxylation is 1. The van der Waals surface area contributed by atoms with Gasteiger partial charge in [-0.3, -0.25) is 9.59 Å². The van der Waals surface area contributed by atoms with Crippen LogP contribution in [0, 0.1) is 6.92 Å². The lowest BCUT2D eigenvalue weighted by Crippen LogP contribution is -2.07. The van der Waals surface area contributed by atoms with Crippen molar-refractivity contribution in [2.75, 3.05) is 14.2 Å². The number of ether oxygens (including phenoxy) is 2. The van der Waals surface area contributed by atoms with Crippen LogP contribution in [0.25, 0.3) is 0 Å². The molecule has 0 saturated heterocycles. The van der Waals surface area contributed by atoms with Gasteiger partial charge in [-0.2, -0.15) is 0 Å². The van der Waals surface area contributed by atoms with Gasteiger partial charge in [-0.05, 0) is 18.6 Å². The van der Waals surface area contributed by atoms with Crippen molar-refractivity contribution >= 4 is 12.3 Å². The molecule has 0 atom stereocenters. The molecular formula is C12H14O4. The molecule has 0 aliphatic rings. The first kappa shape index (κ1) is 12.2. The standard InChI is InChI=1S/C12H14O4/c1-8-4-9(6-11(14)15-2)12(16-3)10(5-8)7-13/h4-5,7H,6H2,1-3H3. The maximum atomic E-state index is 11.2. The van der Waals surface area contributed by atoms with Gasteiger partial charge in [0.05, 0.1) is 26.2 Å². The van der Waals surface area contributed by atoms with Gasteiger partial charge < -0.3 is 9.47 Å². The van der Waals surface area contributed by atoms with E-state index in [0.717, 1.165) is 5.56 Å². The van der Waals surface area contributed by atoms with E-state index in [0.29, 0.717) is 23.2 Å². The SMILES string of the molecule is COC(=O)Cc1cc(C)cc(C=O)c1OC. The van der Waals surface area contributed by atoms with Crippen molar-refractivity contribution in [2.24, 2.45) is 0 Å². The Kier molecular flexibility index (Phi) is 4.05. The summed E-state index contributed by atoms with van der Waals surface area (Å²) in [5, 5.41) is 0. The number of rotatable bonds is 4. The first-order valence-electron chi connectivity index (χ1n) is 4.82. The summed E-state index contributed by atoms with van der Waals surface area (Å²) in [7, 11) is 2.80. The van der Waals surface area contributed by atoms with Crippen LogP contribution >= 0.6 is 0 Å². The quantitative estimate of drug-likeness (QED) is 0.572. The van der Waals surface area contributed by atoms with E-state index in [2.05, 4.69) is 4.74 Å². The highest BCUT2D eigenvalue weighted by Crippen LogP contribution is 2.25. The van der Waals surface area contributed by atoms with Gasteiger partial charge >= 0.3 is 5.97 Å². The summed E-state index contributed by atoms with van der Waals surface area (Å²) in [5.74, 6) is 0.0757. The molecule has 16 heavy (non-hydrogen) atoms. The van der Waals surface area contributed by atoms with Gasteiger partial charge in [-0.15, -0.1) is 0 Å². The van der Waals surface area contributed by atoms with Gasteiger partial charge in [-0.25, -0.2) is 0 Å². The predicted molar refractivity (Wildman–Crippen MR) is 58.8 cm³/mol. The van der Waals surface area contributed by atoms with Crippen molar-refractivity contribution in [1.29, 1.82) is 0 Å². The highest BCUT2D eigenvalue weighted by Gasteiger charge is 2.13. The molecular weight excluding hydrogens is 208 g/mol. The number of hydrogen-bond acceptors (Lipinski definition) is 4. The summed E-state index contributed by atoms with van der Waals surface area (Å²) in [6, 6.07) is 3.52. The van der Waals surface area contributed by atoms with Crippen molar-refractivity contribution < 1.29 is 19.1 Å². The molecule has 0 amide bonds. The van der Waals surface area contributed by atoms with Gasteiger partial charge in [0.25, 0.3) is 0 Å². The van der Waals surface area contributed by atoms with Crippen LogP contribution in [-0.4, -0.2) is 26.5 Å². The summed E-state index contributed by atoms with van der Waals surface area (Å²) in [5.41, 5.74) is 2.01. The second kappa shape index (κ2) is 5.30. The molecule has 1 rings (SSSR count). The van der Waals surface area contributed by atoms with Gasteiger partial charge in [0.2, 0.25) is 0 Å². The topological polar surface area (TPSA) is 52.6 Å². The van der Waals surface area contributed by atoms with E-state index < -0.39 is 0 Å². The van der Waals surface area contributed by atoms with Gasteiger partial charge in [0.1, 0.15) is 5.75 Å². The first-order valence-corrected chi connectivity index (χ1v) is 4.82. The Labute approximate surface area is 94.2 Å². The molecule has 1 aromatic rings. The maximum absolute atomic E-state index is 11.2. The number of aldehydes is 1. The predicted octanol–water partition coefficient (Wildman–Crippen LogP) is 1.53. The minimum Gasteiger partial charge on any atom is -0.496 e. The molecule has 1 aromatic carbocycles. The molecule has 0 fully saturated rings. The van der Waals surface area contributed by atoms with Crippen LogP contribution < -0.4 is 4.74 Å². The van der Waals surface area contributed by atoms with Gasteiger partial charge in [0, 0.05) is 5.56 Å². The molecule has 0 aliphatic carbocycles. The number of esters is 1. The Morgan fingerprint density at radius 1 is 1.38 bits per heavy atom. The molecule has 0 bridgehead atoms. The van der Waals surface area contributed by atoms with E-state index in [4.69, 9.17) is 4.74 Å². The summed E-state index contributed by atoms with van der Waals surface area (Å²) >= 11 is 0. The lowest BCUT2D eigenvalue weighted by atomic mass is 10.0. The highest BCUT2D eigenvalue weighted by molar-refractivity contribution is 5.82. The highest BCUT2D eigenvalue weighted by atomic mass is 16.5. The minimum absolute atomic E-state index is 0.0994. The van der Waals surface area contributed by atoms with Crippen LogP contribution in [-0.2, 0) is 16.0 Å². The average molecular weight is 222 g/mol. The molecule has 0 N–H and O–H groups in total. The molecule has 0 aliphatic heterocycles. The number of methoxy groups -OCH3 is 2. The van der Waals surface area contributed by atoms with Crippen LogP contribution in [0.2, 0.25) is 0 Å². The molecule has 4 nitrogen and oxygen atoms in total. The number of benzene rings is 1. The van der Waals surface area contributed by atoms with Crippen LogP contribution in [0.5, 0.6) is 5.75 Å². The van der Waals surface area contributed by atoms with Gasteiger partial charge in [0.15, 0.2) is 6.29 Å². The number of hydrogen-bond donors (Lipinski definition) is 0. The number of carbonyl (C=O) groups excluding carboxylic acids is 2. The number of carbonyl (C=O) groups is 2. The monoisotopic (exact) mass is 222 g/mol. The molecule has 0 aromatic heterocycles. The third-order valence-electron chi connectivity index (χ3n) is 2.23. The molecule has 0 saturated carbocycles. The lowest BCUT2D eigenvalue weighted by Gasteiger charge is -2.11. The largest absolute Gasteiger partial charge is 0.496 e. The summed E-state index contributed by atoms with van der Waals surface area (Å²) in [4.78, 5) is 22.0. The zero-order chi connectivity index (χ0) is 12.1. The van der Waals surface area contributed by atoms with Crippen LogP contribution in [0.4, 0.5) is 0 Å². The molecule has 0 spiro atoms. The summed E-state index contributed by atoms with van der Waals surface area (Å²) in [6.45, 7) is 1.85. The fourth-order valence-corrected chi connectivity index (χ4v) is 1.57. The molecule has 0 unspecified atom stereocenters. The Hall–Kier alpha value is -1.84. The van der Waals surface area contributed by atoms with E-state index in [1.54, 1.807) is 6.07 Å². The fourth-order valence-electron chi connectivity index (χ4n) is 1.57. The summed E-state index contributed by atoms with van der Waals surface area (Å²) < 4.78 is 9.71. The van der Waals surface area contributed by atoms with E-state index >= 15 is 0 Å². The van der Waals surface area contributed by atoms with Gasteiger partial charge in [-0.1, -0.05) is 6.07 Å². The minimum atomic E-state index is -0.360. The van der Waals surface area contributed by atoms with Crippen molar-refractivity contribution in [3.63, 3.8) is 0 Å². The van der Waals surface area contributed by atoms with E-state index in [1.807, 2.05) is 13.0 Å². The third kappa shape index (κ3) is 2.59. The Morgan fingerprint density at radius 3 is 2.56 bits per heavy atom. The molecule has 4 heteroatoms. The smallest absolute Gasteiger partial charge is 0.310 e. The van der Waals surface area contributed by atoms with Crippen molar-refractivity contribution in [3.8, 4) is 5.75 Å². The normalized spacial score (nSPS) is 9.69. The lowest BCUT2D eigenvalue weighted by molar-refractivity contribution is -0.139. The van der Waals surface area contributed by atoms with Crippen LogP contribution in [0.3, 0.4) is 0 Å². The fraction of sp³-hybridized carbons (Fsp3) is 0.333. The summed E-state index contributed by atoms with van der Waals surface area (Å²) in [6.07, 6.45) is 0.814. The van der Waals surface area contributed by atoms with Crippen molar-refractivity contribution in [2.45, 2.75) is 13.3 Å². The van der Waals surface area contributed by atoms with E-state index in [9.17, 15) is 9.59 Å². The molecule has 86 valence electrons. The Morgan fingerprint density at radius 2 is 2.06 bits per heavy atom. The Bertz CT molecular complexity index is 410. The second-order valence-corrected chi connectivity index (χ2v) is 3.42. The van der Waals surface area contributed by atoms with E-state index in [1.165, 1.54) is 14.2 Å². The first-order chi connectivity index (χ1) is 7.62. The molecule has 0 heterocycles. The second-order valence-electron chi connectivity index (χ2n) is 3.42. The van der Waals surface area contributed by atoms with Crippen molar-refractivity contribution in [3.05, 3.63) is 28.8 Å². The maximum Gasteiger partial charge on any atom is 0.310 e. The third-order valence-corrected chi connectivity index (χ3v) is 2.23. The molecule has 0 radical (unpaired) electrons. The average Bonchev–Trinajstić information content (AvgIpc) is 2.28. The Balaban J connectivity index is 3.19. The van der Waals surface area contributed by atoms with Crippen molar-refractivity contribution in [1.82, 2.24) is 0 Å². The van der Waals surface area contributed by atoms with Crippen LogP contribution in [0.1, 0.15) is 21.5 Å². The zero-order valence-corrected chi connectivity index (χ0v) is 9.57. The zero-order valence-electron chi connectivity index (χ0n) is 9.57.